The number of hydrazine groups is 1. The van der Waals surface area contributed by atoms with Crippen LogP contribution in [-0.4, -0.2) is 135 Å². The number of carbonyl (C=O) groups excluding carboxylic acids is 5. The molecule has 3 saturated heterocycles. The zero-order chi connectivity index (χ0) is 47.2. The molecule has 0 unspecified atom stereocenters. The van der Waals surface area contributed by atoms with Crippen LogP contribution in [0.25, 0.3) is 33.4 Å². The SMILES string of the molecule is C=CC(=O)N1C[C@H]2CN(C(=O)N(C)[C@H](C(=O)N[C@H]3Cc4nc(cs4)-c4ccc5c(c4)c(c(-c4cccnc4[C@H](C)OC)n5CC)CC(C)(C)COC(=O)[C@@H]4CCCN(N4)C3=O)C(C)C)[C@H]2C1. The topological polar surface area (TPSA) is 172 Å². The van der Waals surface area contributed by atoms with Gasteiger partial charge in [-0.3, -0.25) is 29.2 Å². The number of cyclic esters (lactones) is 1. The molecule has 17 heteroatoms. The van der Waals surface area contributed by atoms with Crippen molar-refractivity contribution in [2.24, 2.45) is 17.3 Å². The van der Waals surface area contributed by atoms with E-state index >= 15 is 0 Å². The molecule has 66 heavy (non-hydrogen) atoms. The summed E-state index contributed by atoms with van der Waals surface area (Å²) in [5, 5.41) is 8.12. The molecule has 3 aromatic heterocycles. The summed E-state index contributed by atoms with van der Waals surface area (Å²) < 4.78 is 14.2. The third-order valence-electron chi connectivity index (χ3n) is 13.7. The average molecular weight is 922 g/mol. The van der Waals surface area contributed by atoms with E-state index in [1.54, 1.807) is 30.2 Å². The van der Waals surface area contributed by atoms with E-state index in [0.717, 1.165) is 44.7 Å². The quantitative estimate of drug-likeness (QED) is 0.159. The van der Waals surface area contributed by atoms with Gasteiger partial charge in [0.05, 0.1) is 40.8 Å². The fourth-order valence-corrected chi connectivity index (χ4v) is 11.1. The molecule has 2 N–H and O–H groups in total. The summed E-state index contributed by atoms with van der Waals surface area (Å²) in [6.45, 7) is 18.2. The van der Waals surface area contributed by atoms with Crippen LogP contribution in [0.4, 0.5) is 4.79 Å². The Morgan fingerprint density at radius 1 is 1.15 bits per heavy atom. The first-order valence-electron chi connectivity index (χ1n) is 23.1. The van der Waals surface area contributed by atoms with Crippen LogP contribution in [0.2, 0.25) is 0 Å². The van der Waals surface area contributed by atoms with Gasteiger partial charge in [0.15, 0.2) is 0 Å². The number of methoxy groups -OCH3 is 1. The number of aromatic nitrogens is 3. The van der Waals surface area contributed by atoms with Gasteiger partial charge in [-0.15, -0.1) is 11.3 Å². The van der Waals surface area contributed by atoms with Crippen molar-refractivity contribution in [1.29, 1.82) is 0 Å². The number of ether oxygens (including phenoxy) is 2. The minimum absolute atomic E-state index is 0.0770. The largest absolute Gasteiger partial charge is 0.464 e. The Morgan fingerprint density at radius 3 is 2.67 bits per heavy atom. The zero-order valence-corrected chi connectivity index (χ0v) is 40.2. The maximum Gasteiger partial charge on any atom is 0.324 e. The van der Waals surface area contributed by atoms with Gasteiger partial charge in [0.25, 0.3) is 5.91 Å². The van der Waals surface area contributed by atoms with E-state index in [-0.39, 0.29) is 48.9 Å². The predicted molar refractivity (Wildman–Crippen MR) is 252 cm³/mol. The molecule has 7 heterocycles. The predicted octanol–water partition coefficient (Wildman–Crippen LogP) is 5.61. The number of benzene rings is 1. The molecular weight excluding hydrogens is 859 g/mol. The third-order valence-corrected chi connectivity index (χ3v) is 14.6. The Hall–Kier alpha value is -5.65. The van der Waals surface area contributed by atoms with Crippen LogP contribution >= 0.6 is 11.3 Å². The van der Waals surface area contributed by atoms with Crippen LogP contribution in [0.15, 0.2) is 54.6 Å². The number of thiazole rings is 1. The molecule has 0 spiro atoms. The number of hydrogen-bond acceptors (Lipinski definition) is 11. The Labute approximate surface area is 390 Å². The van der Waals surface area contributed by atoms with Gasteiger partial charge in [-0.05, 0) is 74.9 Å². The lowest BCUT2D eigenvalue weighted by Crippen LogP contribution is -2.65. The molecule has 0 radical (unpaired) electrons. The van der Waals surface area contributed by atoms with Gasteiger partial charge in [0, 0.05) is 98.2 Å². The van der Waals surface area contributed by atoms with Crippen LogP contribution < -0.4 is 10.7 Å². The number of likely N-dealkylation sites (tertiary alicyclic amines) is 2. The Balaban J connectivity index is 1.14. The van der Waals surface area contributed by atoms with Gasteiger partial charge in [-0.25, -0.2) is 15.2 Å². The summed E-state index contributed by atoms with van der Waals surface area (Å²) >= 11 is 1.41. The van der Waals surface area contributed by atoms with Gasteiger partial charge in [-0.1, -0.05) is 40.3 Å². The average Bonchev–Trinajstić information content (AvgIpc) is 4.00. The first-order chi connectivity index (χ1) is 31.5. The highest BCUT2D eigenvalue weighted by Crippen LogP contribution is 2.42. The highest BCUT2D eigenvalue weighted by atomic mass is 32.1. The number of amides is 5. The normalized spacial score (nSPS) is 22.8. The van der Waals surface area contributed by atoms with Crippen molar-refractivity contribution >= 4 is 52.0 Å². The van der Waals surface area contributed by atoms with Gasteiger partial charge < -0.3 is 34.1 Å². The fourth-order valence-electron chi connectivity index (χ4n) is 10.2. The molecule has 352 valence electrons. The lowest BCUT2D eigenvalue weighted by atomic mass is 9.84. The summed E-state index contributed by atoms with van der Waals surface area (Å²) in [6, 6.07) is 7.17. The number of nitrogens with zero attached hydrogens (tertiary/aromatic N) is 7. The lowest BCUT2D eigenvalue weighted by molar-refractivity contribution is -0.155. The van der Waals surface area contributed by atoms with Crippen molar-refractivity contribution < 1.29 is 33.4 Å². The number of pyridine rings is 1. The number of nitrogens with one attached hydrogen (secondary N) is 2. The van der Waals surface area contributed by atoms with Gasteiger partial charge in [0.1, 0.15) is 18.1 Å². The molecule has 4 aromatic rings. The summed E-state index contributed by atoms with van der Waals surface area (Å²) in [4.78, 5) is 84.2. The molecule has 16 nitrogen and oxygen atoms in total. The maximum absolute atomic E-state index is 14.6. The van der Waals surface area contributed by atoms with E-state index in [9.17, 15) is 24.0 Å². The van der Waals surface area contributed by atoms with E-state index in [4.69, 9.17) is 19.4 Å². The second-order valence-electron chi connectivity index (χ2n) is 19.3. The van der Waals surface area contributed by atoms with Gasteiger partial charge in [-0.2, -0.15) is 0 Å². The van der Waals surface area contributed by atoms with Crippen LogP contribution in [0.1, 0.15) is 76.8 Å². The number of urea groups is 1. The van der Waals surface area contributed by atoms with Gasteiger partial charge >= 0.3 is 12.0 Å². The van der Waals surface area contributed by atoms with Crippen LogP contribution in [0, 0.1) is 17.3 Å². The number of esters is 1. The molecule has 6 atom stereocenters. The number of likely N-dealkylation sites (N-methyl/N-ethyl adjacent to an activating group) is 1. The summed E-state index contributed by atoms with van der Waals surface area (Å²) in [7, 11) is 3.29. The fraction of sp³-hybridized carbons (Fsp3) is 0.531. The number of carbonyl (C=O) groups is 5. The van der Waals surface area contributed by atoms with Crippen molar-refractivity contribution in [3.05, 3.63) is 70.8 Å². The Kier molecular flexibility index (Phi) is 13.4. The highest BCUT2D eigenvalue weighted by molar-refractivity contribution is 7.10. The minimum Gasteiger partial charge on any atom is -0.464 e. The third kappa shape index (κ3) is 8.96. The summed E-state index contributed by atoms with van der Waals surface area (Å²) in [6.07, 6.45) is 4.48. The van der Waals surface area contributed by atoms with Crippen LogP contribution in [0.3, 0.4) is 0 Å². The Bertz CT molecular complexity index is 2530. The van der Waals surface area contributed by atoms with E-state index < -0.39 is 41.3 Å². The standard InChI is InChI=1S/C49H63N9O7S/c1-10-41(59)55-23-31-24-57(39(31)25-55)48(63)54(8)43(28(3)4)45(60)52-36-21-40-51-37(26-66-40)30-16-17-38-33(20-30)34(44(56(38)11-2)32-14-12-18-50-42(32)29(5)64-9)22-49(6,7)27-65-47(62)35-15-13-19-58(53-35)46(36)61/h10,12,14,16-18,20,26,28-29,31,35-36,39,43,53H,1,11,13,15,19,21-25,27H2,2-9H3,(H,52,60)/t29-,31-,35-,36-,39-,43-/m0/s1. The zero-order valence-electron chi connectivity index (χ0n) is 39.3. The lowest BCUT2D eigenvalue weighted by Gasteiger charge is -2.46. The molecule has 1 aromatic carbocycles. The van der Waals surface area contributed by atoms with Crippen LogP contribution in [0.5, 0.6) is 0 Å². The molecule has 4 aliphatic heterocycles. The van der Waals surface area contributed by atoms with Crippen molar-refractivity contribution in [2.75, 3.05) is 46.9 Å². The Morgan fingerprint density at radius 2 is 1.94 bits per heavy atom. The molecule has 3 fully saturated rings. The summed E-state index contributed by atoms with van der Waals surface area (Å²) in [5.41, 5.74) is 9.27. The molecule has 0 aliphatic carbocycles. The highest BCUT2D eigenvalue weighted by Gasteiger charge is 2.50. The minimum atomic E-state index is -1.08. The van der Waals surface area contributed by atoms with Crippen molar-refractivity contribution in [2.45, 2.75) is 104 Å². The second-order valence-corrected chi connectivity index (χ2v) is 20.2. The second kappa shape index (κ2) is 18.9. The monoisotopic (exact) mass is 921 g/mol. The maximum atomic E-state index is 14.6. The first-order valence-corrected chi connectivity index (χ1v) is 24.0. The molecule has 4 aliphatic rings. The van der Waals surface area contributed by atoms with Crippen molar-refractivity contribution in [1.82, 2.24) is 45.0 Å². The van der Waals surface area contributed by atoms with Crippen molar-refractivity contribution in [3.8, 4) is 22.5 Å². The number of hydrogen-bond donors (Lipinski definition) is 2. The van der Waals surface area contributed by atoms with E-state index in [2.05, 4.69) is 66.9 Å². The van der Waals surface area contributed by atoms with Gasteiger partial charge in [0.2, 0.25) is 11.8 Å². The number of aryl methyl sites for hydroxylation is 1. The number of rotatable bonds is 9. The first kappa shape index (κ1) is 46.9. The molecular formula is C49H63N9O7S. The van der Waals surface area contributed by atoms with Crippen LogP contribution in [-0.2, 0) is 48.0 Å². The molecule has 5 amide bonds. The van der Waals surface area contributed by atoms with E-state index in [1.807, 2.05) is 32.2 Å². The smallest absolute Gasteiger partial charge is 0.324 e. The molecule has 0 saturated carbocycles. The molecule has 6 bridgehead atoms. The molecule has 8 rings (SSSR count). The van der Waals surface area contributed by atoms with E-state index in [1.165, 1.54) is 27.3 Å². The number of fused-ring (bicyclic) bond motifs is 7. The van der Waals surface area contributed by atoms with Crippen molar-refractivity contribution in [3.63, 3.8) is 0 Å². The summed E-state index contributed by atoms with van der Waals surface area (Å²) in [5.74, 6) is -1.67. The van der Waals surface area contributed by atoms with E-state index in [0.29, 0.717) is 57.0 Å².